The standard InChI is InChI=1S/C18H21N5O/c1-13(2)23-12-6-9-15(23)18(24)19-11-10-16-20-17(22-21-16)14-7-4-3-5-8-14/h3-9,12-13H,10-11H2,1-2H3,(H,19,24)(H,20,21,22). The van der Waals surface area contributed by atoms with Crippen molar-refractivity contribution in [3.8, 4) is 11.4 Å². The van der Waals surface area contributed by atoms with Crippen LogP contribution in [0.15, 0.2) is 48.7 Å². The van der Waals surface area contributed by atoms with Crippen molar-refractivity contribution in [3.05, 3.63) is 60.2 Å². The number of aromatic amines is 1. The summed E-state index contributed by atoms with van der Waals surface area (Å²) in [6, 6.07) is 13.8. The molecule has 2 aromatic heterocycles. The zero-order valence-electron chi connectivity index (χ0n) is 13.9. The summed E-state index contributed by atoms with van der Waals surface area (Å²) >= 11 is 0. The third-order valence-electron chi connectivity index (χ3n) is 3.78. The summed E-state index contributed by atoms with van der Waals surface area (Å²) in [4.78, 5) is 16.7. The van der Waals surface area contributed by atoms with Gasteiger partial charge in [0.05, 0.1) is 0 Å². The number of nitrogens with one attached hydrogen (secondary N) is 2. The SMILES string of the molecule is CC(C)n1cccc1C(=O)NCCc1nc(-c2ccccc2)n[nH]1. The molecule has 0 radical (unpaired) electrons. The summed E-state index contributed by atoms with van der Waals surface area (Å²) in [5.74, 6) is 1.36. The molecule has 3 aromatic rings. The highest BCUT2D eigenvalue weighted by Gasteiger charge is 2.12. The van der Waals surface area contributed by atoms with E-state index >= 15 is 0 Å². The van der Waals surface area contributed by atoms with E-state index in [-0.39, 0.29) is 11.9 Å². The minimum absolute atomic E-state index is 0.0727. The van der Waals surface area contributed by atoms with Gasteiger partial charge in [-0.25, -0.2) is 4.98 Å². The van der Waals surface area contributed by atoms with Crippen molar-refractivity contribution in [1.29, 1.82) is 0 Å². The average molecular weight is 323 g/mol. The van der Waals surface area contributed by atoms with E-state index in [1.807, 2.05) is 53.2 Å². The van der Waals surface area contributed by atoms with Crippen LogP contribution in [0.5, 0.6) is 0 Å². The quantitative estimate of drug-likeness (QED) is 0.732. The van der Waals surface area contributed by atoms with Gasteiger partial charge in [-0.05, 0) is 26.0 Å². The van der Waals surface area contributed by atoms with Crippen molar-refractivity contribution in [2.75, 3.05) is 6.54 Å². The molecule has 0 aliphatic carbocycles. The Hall–Kier alpha value is -2.89. The van der Waals surface area contributed by atoms with Crippen LogP contribution in [0.2, 0.25) is 0 Å². The van der Waals surface area contributed by atoms with Crippen molar-refractivity contribution >= 4 is 5.91 Å². The van der Waals surface area contributed by atoms with Crippen LogP contribution in [-0.2, 0) is 6.42 Å². The first-order valence-corrected chi connectivity index (χ1v) is 8.07. The number of amides is 1. The molecule has 1 aromatic carbocycles. The van der Waals surface area contributed by atoms with Gasteiger partial charge in [0.15, 0.2) is 5.82 Å². The molecule has 0 aliphatic rings. The fourth-order valence-corrected chi connectivity index (χ4v) is 2.54. The molecule has 0 fully saturated rings. The monoisotopic (exact) mass is 323 g/mol. The molecule has 0 atom stereocenters. The molecule has 0 saturated heterocycles. The fourth-order valence-electron chi connectivity index (χ4n) is 2.54. The van der Waals surface area contributed by atoms with Crippen LogP contribution in [0, 0.1) is 0 Å². The lowest BCUT2D eigenvalue weighted by Crippen LogP contribution is -2.28. The summed E-state index contributed by atoms with van der Waals surface area (Å²) in [6.45, 7) is 4.61. The molecule has 124 valence electrons. The van der Waals surface area contributed by atoms with E-state index in [1.54, 1.807) is 0 Å². The first-order valence-electron chi connectivity index (χ1n) is 8.07. The Labute approximate surface area is 140 Å². The van der Waals surface area contributed by atoms with E-state index in [9.17, 15) is 4.79 Å². The predicted molar refractivity (Wildman–Crippen MR) is 92.7 cm³/mol. The Morgan fingerprint density at radius 1 is 1.21 bits per heavy atom. The molecule has 0 aliphatic heterocycles. The van der Waals surface area contributed by atoms with E-state index in [1.165, 1.54) is 0 Å². The molecule has 0 saturated carbocycles. The maximum Gasteiger partial charge on any atom is 0.267 e. The topological polar surface area (TPSA) is 75.6 Å². The third kappa shape index (κ3) is 3.53. The number of hydrogen-bond donors (Lipinski definition) is 2. The minimum Gasteiger partial charge on any atom is -0.350 e. The van der Waals surface area contributed by atoms with E-state index in [0.29, 0.717) is 24.5 Å². The van der Waals surface area contributed by atoms with Crippen LogP contribution < -0.4 is 5.32 Å². The van der Waals surface area contributed by atoms with Crippen LogP contribution >= 0.6 is 0 Å². The van der Waals surface area contributed by atoms with Gasteiger partial charge in [0.25, 0.3) is 5.91 Å². The van der Waals surface area contributed by atoms with Crippen LogP contribution in [0.4, 0.5) is 0 Å². The number of carbonyl (C=O) groups excluding carboxylic acids is 1. The first kappa shape index (κ1) is 16.0. The number of nitrogens with zero attached hydrogens (tertiary/aromatic N) is 3. The minimum atomic E-state index is -0.0727. The number of hydrogen-bond acceptors (Lipinski definition) is 3. The zero-order valence-corrected chi connectivity index (χ0v) is 13.9. The highest BCUT2D eigenvalue weighted by Crippen LogP contribution is 2.13. The maximum atomic E-state index is 12.3. The van der Waals surface area contributed by atoms with Crippen LogP contribution in [0.25, 0.3) is 11.4 Å². The van der Waals surface area contributed by atoms with Crippen molar-refractivity contribution in [1.82, 2.24) is 25.1 Å². The molecular formula is C18H21N5O. The molecule has 0 spiro atoms. The summed E-state index contributed by atoms with van der Waals surface area (Å²) in [6.07, 6.45) is 2.52. The lowest BCUT2D eigenvalue weighted by atomic mass is 10.2. The van der Waals surface area contributed by atoms with E-state index < -0.39 is 0 Å². The zero-order chi connectivity index (χ0) is 16.9. The highest BCUT2D eigenvalue weighted by molar-refractivity contribution is 5.92. The second-order valence-corrected chi connectivity index (χ2v) is 5.87. The van der Waals surface area contributed by atoms with Crippen molar-refractivity contribution in [2.45, 2.75) is 26.3 Å². The molecule has 0 unspecified atom stereocenters. The van der Waals surface area contributed by atoms with Gasteiger partial charge in [-0.3, -0.25) is 9.89 Å². The molecule has 1 amide bonds. The number of benzene rings is 1. The van der Waals surface area contributed by atoms with Gasteiger partial charge in [0.2, 0.25) is 0 Å². The van der Waals surface area contributed by atoms with Gasteiger partial charge in [0, 0.05) is 30.8 Å². The Morgan fingerprint density at radius 3 is 2.75 bits per heavy atom. The van der Waals surface area contributed by atoms with Gasteiger partial charge in [0.1, 0.15) is 11.5 Å². The summed E-state index contributed by atoms with van der Waals surface area (Å²) < 4.78 is 1.96. The van der Waals surface area contributed by atoms with Crippen LogP contribution in [0.1, 0.15) is 36.2 Å². The smallest absolute Gasteiger partial charge is 0.267 e. The number of aromatic nitrogens is 4. The average Bonchev–Trinajstić information content (AvgIpc) is 3.25. The molecule has 24 heavy (non-hydrogen) atoms. The van der Waals surface area contributed by atoms with Gasteiger partial charge in [-0.15, -0.1) is 0 Å². The lowest BCUT2D eigenvalue weighted by Gasteiger charge is -2.12. The van der Waals surface area contributed by atoms with Gasteiger partial charge < -0.3 is 9.88 Å². The Balaban J connectivity index is 1.56. The predicted octanol–water partition coefficient (Wildman–Crippen LogP) is 2.83. The molecule has 6 heteroatoms. The first-order chi connectivity index (χ1) is 11.6. The number of rotatable bonds is 6. The largest absolute Gasteiger partial charge is 0.350 e. The second kappa shape index (κ2) is 7.12. The molecule has 2 heterocycles. The Kier molecular flexibility index (Phi) is 4.74. The van der Waals surface area contributed by atoms with Gasteiger partial charge in [-0.1, -0.05) is 30.3 Å². The van der Waals surface area contributed by atoms with E-state index in [2.05, 4.69) is 34.3 Å². The van der Waals surface area contributed by atoms with Crippen LogP contribution in [0.3, 0.4) is 0 Å². The Morgan fingerprint density at radius 2 is 2.00 bits per heavy atom. The van der Waals surface area contributed by atoms with Crippen molar-refractivity contribution in [3.63, 3.8) is 0 Å². The van der Waals surface area contributed by atoms with Gasteiger partial charge >= 0.3 is 0 Å². The number of carbonyl (C=O) groups is 1. The third-order valence-corrected chi connectivity index (χ3v) is 3.78. The Bertz CT molecular complexity index is 804. The van der Waals surface area contributed by atoms with Crippen LogP contribution in [-0.4, -0.2) is 32.2 Å². The summed E-state index contributed by atoms with van der Waals surface area (Å²) in [7, 11) is 0. The normalized spacial score (nSPS) is 11.0. The second-order valence-electron chi connectivity index (χ2n) is 5.87. The van der Waals surface area contributed by atoms with E-state index in [0.717, 1.165) is 11.4 Å². The highest BCUT2D eigenvalue weighted by atomic mass is 16.1. The molecule has 3 rings (SSSR count). The molecule has 6 nitrogen and oxygen atoms in total. The fraction of sp³-hybridized carbons (Fsp3) is 0.278. The summed E-state index contributed by atoms with van der Waals surface area (Å²) in [5.41, 5.74) is 1.64. The summed E-state index contributed by atoms with van der Waals surface area (Å²) in [5, 5.41) is 10.1. The van der Waals surface area contributed by atoms with Gasteiger partial charge in [-0.2, -0.15) is 5.10 Å². The van der Waals surface area contributed by atoms with E-state index in [4.69, 9.17) is 0 Å². The van der Waals surface area contributed by atoms with Crippen molar-refractivity contribution in [2.24, 2.45) is 0 Å². The molecule has 0 bridgehead atoms. The number of H-pyrrole nitrogens is 1. The molecular weight excluding hydrogens is 302 g/mol. The lowest BCUT2D eigenvalue weighted by molar-refractivity contribution is 0.0943. The maximum absolute atomic E-state index is 12.3. The van der Waals surface area contributed by atoms with Crippen molar-refractivity contribution < 1.29 is 4.79 Å². The molecule has 2 N–H and O–H groups in total.